The second-order valence-electron chi connectivity index (χ2n) is 5.18. The van der Waals surface area contributed by atoms with E-state index in [0.717, 1.165) is 5.69 Å². The van der Waals surface area contributed by atoms with E-state index >= 15 is 0 Å². The van der Waals surface area contributed by atoms with Crippen molar-refractivity contribution in [1.29, 1.82) is 0 Å². The van der Waals surface area contributed by atoms with Crippen molar-refractivity contribution < 1.29 is 27.2 Å². The van der Waals surface area contributed by atoms with Gasteiger partial charge in [-0.2, -0.15) is 0 Å². The average molecular weight is 408 g/mol. The van der Waals surface area contributed by atoms with Gasteiger partial charge in [0.25, 0.3) is 0 Å². The molecular formula is C16H30N2O6P2. The van der Waals surface area contributed by atoms with Gasteiger partial charge in [-0.3, -0.25) is 14.1 Å². The minimum atomic E-state index is -3.73. The number of pyridine rings is 1. The molecule has 0 spiro atoms. The molecule has 1 heterocycles. The molecular weight excluding hydrogens is 378 g/mol. The summed E-state index contributed by atoms with van der Waals surface area (Å²) in [6, 6.07) is 5.55. The maximum Gasteiger partial charge on any atom is 0.347 e. The first-order chi connectivity index (χ1) is 12.5. The van der Waals surface area contributed by atoms with E-state index in [4.69, 9.17) is 18.1 Å². The van der Waals surface area contributed by atoms with Crippen LogP contribution in [0.15, 0.2) is 24.4 Å². The summed E-state index contributed by atoms with van der Waals surface area (Å²) in [5.74, 6) is 0. The number of nitrogens with zero attached hydrogens (tertiary/aromatic N) is 1. The third-order valence-corrected chi connectivity index (χ3v) is 9.32. The maximum absolute atomic E-state index is 13.3. The predicted octanol–water partition coefficient (Wildman–Crippen LogP) is 4.03. The number of rotatable bonds is 14. The van der Waals surface area contributed by atoms with E-state index in [0.29, 0.717) is 6.54 Å². The summed E-state index contributed by atoms with van der Waals surface area (Å²) < 4.78 is 48.3. The molecule has 8 nitrogen and oxygen atoms in total. The lowest BCUT2D eigenvalue weighted by Crippen LogP contribution is -2.30. The SMILES string of the molecule is CCOP(=O)(OCC)C(CNCc1ccccn1)P(=O)(OCC)OCC. The van der Waals surface area contributed by atoms with Crippen LogP contribution in [0.1, 0.15) is 33.4 Å². The summed E-state index contributed by atoms with van der Waals surface area (Å²) in [7, 11) is -7.46. The number of aromatic nitrogens is 1. The van der Waals surface area contributed by atoms with Crippen LogP contribution in [0.25, 0.3) is 0 Å². The second kappa shape index (κ2) is 12.0. The second-order valence-corrected chi connectivity index (χ2v) is 10.0. The van der Waals surface area contributed by atoms with E-state index in [2.05, 4.69) is 10.3 Å². The van der Waals surface area contributed by atoms with Gasteiger partial charge < -0.3 is 23.4 Å². The highest BCUT2D eigenvalue weighted by molar-refractivity contribution is 7.72. The third kappa shape index (κ3) is 6.86. The van der Waals surface area contributed by atoms with Gasteiger partial charge in [0.15, 0.2) is 5.40 Å². The zero-order valence-electron chi connectivity index (χ0n) is 15.9. The molecule has 150 valence electrons. The van der Waals surface area contributed by atoms with Gasteiger partial charge in [0, 0.05) is 19.3 Å². The largest absolute Gasteiger partial charge is 0.347 e. The molecule has 10 heteroatoms. The highest BCUT2D eigenvalue weighted by atomic mass is 31.2. The molecule has 0 bridgehead atoms. The monoisotopic (exact) mass is 408 g/mol. The standard InChI is InChI=1S/C16H30N2O6P2/c1-5-21-25(19,22-6-2)16(26(20,23-7-3)24-8-4)14-17-13-15-11-9-10-12-18-15/h9-12,16-17H,5-8,13-14H2,1-4H3. The minimum absolute atomic E-state index is 0.0745. The van der Waals surface area contributed by atoms with Crippen LogP contribution in [-0.2, 0) is 33.8 Å². The van der Waals surface area contributed by atoms with Gasteiger partial charge in [-0.15, -0.1) is 0 Å². The summed E-state index contributed by atoms with van der Waals surface area (Å²) in [5, 5.41) is 2.05. The van der Waals surface area contributed by atoms with Crippen molar-refractivity contribution in [2.45, 2.75) is 39.6 Å². The molecule has 0 radical (unpaired) electrons. The first kappa shape index (κ1) is 23.4. The van der Waals surface area contributed by atoms with Gasteiger partial charge in [-0.1, -0.05) is 6.07 Å². The Labute approximate surface area is 156 Å². The Morgan fingerprint density at radius 2 is 1.42 bits per heavy atom. The van der Waals surface area contributed by atoms with Gasteiger partial charge >= 0.3 is 15.2 Å². The molecule has 1 aromatic heterocycles. The van der Waals surface area contributed by atoms with E-state index < -0.39 is 20.6 Å². The Balaban J connectivity index is 3.06. The van der Waals surface area contributed by atoms with E-state index in [9.17, 15) is 9.13 Å². The number of hydrogen-bond acceptors (Lipinski definition) is 8. The van der Waals surface area contributed by atoms with Crippen molar-refractivity contribution in [2.24, 2.45) is 0 Å². The molecule has 1 N–H and O–H groups in total. The molecule has 0 aromatic carbocycles. The van der Waals surface area contributed by atoms with E-state index in [1.54, 1.807) is 33.9 Å². The summed E-state index contributed by atoms with van der Waals surface area (Å²) >= 11 is 0. The van der Waals surface area contributed by atoms with Gasteiger partial charge in [0.05, 0.1) is 32.1 Å². The normalized spacial score (nSPS) is 12.7. The Bertz CT molecular complexity index is 552. The van der Waals surface area contributed by atoms with Crippen LogP contribution in [0.4, 0.5) is 0 Å². The van der Waals surface area contributed by atoms with Crippen LogP contribution >= 0.6 is 15.2 Å². The van der Waals surface area contributed by atoms with Crippen molar-refractivity contribution in [3.63, 3.8) is 0 Å². The Morgan fingerprint density at radius 3 is 1.81 bits per heavy atom. The number of hydrogen-bond donors (Lipinski definition) is 1. The first-order valence-electron chi connectivity index (χ1n) is 8.83. The number of nitrogens with one attached hydrogen (secondary N) is 1. The van der Waals surface area contributed by atoms with Gasteiger partial charge in [-0.05, 0) is 39.8 Å². The summed E-state index contributed by atoms with van der Waals surface area (Å²) in [5.41, 5.74) is 0.802. The Morgan fingerprint density at radius 1 is 0.923 bits per heavy atom. The van der Waals surface area contributed by atoms with Crippen molar-refractivity contribution in [2.75, 3.05) is 33.0 Å². The third-order valence-electron chi connectivity index (χ3n) is 3.33. The summed E-state index contributed by atoms with van der Waals surface area (Å²) in [6.07, 6.45) is 1.69. The fourth-order valence-corrected chi connectivity index (χ4v) is 7.54. The van der Waals surface area contributed by atoms with Crippen LogP contribution in [-0.4, -0.2) is 43.4 Å². The van der Waals surface area contributed by atoms with E-state index in [1.165, 1.54) is 0 Å². The fraction of sp³-hybridized carbons (Fsp3) is 0.688. The fourth-order valence-electron chi connectivity index (χ4n) is 2.37. The average Bonchev–Trinajstić information content (AvgIpc) is 2.60. The molecule has 0 saturated carbocycles. The van der Waals surface area contributed by atoms with Crippen LogP contribution in [0, 0.1) is 0 Å². The summed E-state index contributed by atoms with van der Waals surface area (Å²) in [4.78, 5) is 4.22. The van der Waals surface area contributed by atoms with E-state index in [-0.39, 0.29) is 33.0 Å². The minimum Gasteiger partial charge on any atom is -0.310 e. The Kier molecular flexibility index (Phi) is 10.8. The topological polar surface area (TPSA) is 96.0 Å². The highest BCUT2D eigenvalue weighted by Crippen LogP contribution is 2.70. The van der Waals surface area contributed by atoms with Crippen LogP contribution < -0.4 is 5.32 Å². The lowest BCUT2D eigenvalue weighted by atomic mass is 10.3. The molecule has 0 atom stereocenters. The molecule has 0 aliphatic carbocycles. The van der Waals surface area contributed by atoms with Crippen molar-refractivity contribution >= 4 is 15.2 Å². The van der Waals surface area contributed by atoms with Crippen LogP contribution in [0.5, 0.6) is 0 Å². The maximum atomic E-state index is 13.3. The molecule has 0 amide bonds. The zero-order chi connectivity index (χ0) is 19.5. The molecule has 0 aliphatic rings. The molecule has 1 aromatic rings. The Hall–Kier alpha value is -0.590. The smallest absolute Gasteiger partial charge is 0.310 e. The quantitative estimate of drug-likeness (QED) is 0.461. The van der Waals surface area contributed by atoms with Gasteiger partial charge in [0.1, 0.15) is 0 Å². The zero-order valence-corrected chi connectivity index (χ0v) is 17.7. The summed E-state index contributed by atoms with van der Waals surface area (Å²) in [6.45, 7) is 7.94. The molecule has 0 aliphatic heterocycles. The molecule has 0 unspecified atom stereocenters. The molecule has 0 fully saturated rings. The van der Waals surface area contributed by atoms with Crippen molar-refractivity contribution in [1.82, 2.24) is 10.3 Å². The van der Waals surface area contributed by atoms with Crippen LogP contribution in [0.3, 0.4) is 0 Å². The van der Waals surface area contributed by atoms with Gasteiger partial charge in [0.2, 0.25) is 0 Å². The van der Waals surface area contributed by atoms with Gasteiger partial charge in [-0.25, -0.2) is 0 Å². The highest BCUT2D eigenvalue weighted by Gasteiger charge is 2.50. The van der Waals surface area contributed by atoms with Crippen LogP contribution in [0.2, 0.25) is 0 Å². The predicted molar refractivity (Wildman–Crippen MR) is 101 cm³/mol. The van der Waals surface area contributed by atoms with E-state index in [1.807, 2.05) is 18.2 Å². The molecule has 1 rings (SSSR count). The van der Waals surface area contributed by atoms with Crippen molar-refractivity contribution in [3.8, 4) is 0 Å². The van der Waals surface area contributed by atoms with Crippen molar-refractivity contribution in [3.05, 3.63) is 30.1 Å². The molecule has 0 saturated heterocycles. The molecule has 26 heavy (non-hydrogen) atoms. The lowest BCUT2D eigenvalue weighted by molar-refractivity contribution is 0.194. The lowest BCUT2D eigenvalue weighted by Gasteiger charge is -2.31. The first-order valence-corrected chi connectivity index (χ1v) is 12.1.